The number of ketones is 1. The minimum absolute atomic E-state index is 0.212. The van der Waals surface area contributed by atoms with Crippen molar-refractivity contribution in [2.24, 2.45) is 0 Å². The van der Waals surface area contributed by atoms with Crippen LogP contribution in [0.3, 0.4) is 0 Å². The van der Waals surface area contributed by atoms with Crippen LogP contribution >= 0.6 is 11.6 Å². The standard InChI is InChI=1S/C27H24ClN3O5/c28-21-4-2-1-3-20(21)26(32)19-6-7-22-24(14-19)36-27(33)31(22)16-30-11-9-29(10-12-30)15-18-5-8-23-25(13-18)35-17-34-23/h1-8,13-14H,9-12,15-17H2. The highest BCUT2D eigenvalue weighted by atomic mass is 35.5. The fourth-order valence-corrected chi connectivity index (χ4v) is 4.95. The summed E-state index contributed by atoms with van der Waals surface area (Å²) in [6.45, 7) is 4.96. The molecular weight excluding hydrogens is 482 g/mol. The minimum Gasteiger partial charge on any atom is -0.454 e. The van der Waals surface area contributed by atoms with Gasteiger partial charge in [0.2, 0.25) is 6.79 Å². The second kappa shape index (κ2) is 9.46. The van der Waals surface area contributed by atoms with Crippen LogP contribution in [-0.4, -0.2) is 53.1 Å². The Morgan fingerprint density at radius 3 is 2.50 bits per heavy atom. The Bertz CT molecular complexity index is 1500. The number of hydrogen-bond donors (Lipinski definition) is 0. The number of oxazole rings is 1. The van der Waals surface area contributed by atoms with E-state index in [-0.39, 0.29) is 12.6 Å². The molecule has 0 saturated carbocycles. The first-order valence-electron chi connectivity index (χ1n) is 11.8. The Hall–Kier alpha value is -3.59. The normalized spacial score (nSPS) is 16.0. The molecule has 0 spiro atoms. The topological polar surface area (TPSA) is 77.2 Å². The highest BCUT2D eigenvalue weighted by Gasteiger charge is 2.22. The van der Waals surface area contributed by atoms with Crippen molar-refractivity contribution in [1.29, 1.82) is 0 Å². The molecule has 1 aromatic heterocycles. The summed E-state index contributed by atoms with van der Waals surface area (Å²) in [5.41, 5.74) is 3.08. The molecule has 2 aliphatic rings. The molecule has 1 saturated heterocycles. The van der Waals surface area contributed by atoms with Gasteiger partial charge in [-0.05, 0) is 48.0 Å². The summed E-state index contributed by atoms with van der Waals surface area (Å²) in [5, 5.41) is 0.388. The number of hydrogen-bond acceptors (Lipinski definition) is 7. The zero-order chi connectivity index (χ0) is 24.6. The molecule has 3 aromatic carbocycles. The number of halogens is 1. The maximum Gasteiger partial charge on any atom is 0.421 e. The first-order valence-corrected chi connectivity index (χ1v) is 12.2. The van der Waals surface area contributed by atoms with Gasteiger partial charge in [-0.15, -0.1) is 0 Å². The van der Waals surface area contributed by atoms with Crippen LogP contribution in [0.15, 0.2) is 69.9 Å². The van der Waals surface area contributed by atoms with E-state index in [1.807, 2.05) is 12.1 Å². The average Bonchev–Trinajstić information content (AvgIpc) is 3.48. The van der Waals surface area contributed by atoms with Crippen molar-refractivity contribution in [3.8, 4) is 11.5 Å². The number of carbonyl (C=O) groups is 1. The molecule has 0 amide bonds. The molecule has 0 atom stereocenters. The van der Waals surface area contributed by atoms with E-state index in [0.717, 1.165) is 44.2 Å². The second-order valence-electron chi connectivity index (χ2n) is 9.01. The van der Waals surface area contributed by atoms with Crippen LogP contribution in [0.1, 0.15) is 21.5 Å². The van der Waals surface area contributed by atoms with Gasteiger partial charge in [0.1, 0.15) is 0 Å². The van der Waals surface area contributed by atoms with E-state index in [9.17, 15) is 9.59 Å². The summed E-state index contributed by atoms with van der Waals surface area (Å²) in [5.74, 6) is 0.947. The zero-order valence-electron chi connectivity index (χ0n) is 19.5. The number of benzene rings is 3. The number of rotatable bonds is 6. The lowest BCUT2D eigenvalue weighted by Crippen LogP contribution is -2.47. The highest BCUT2D eigenvalue weighted by molar-refractivity contribution is 6.35. The van der Waals surface area contributed by atoms with Crippen LogP contribution in [0, 0.1) is 0 Å². The van der Waals surface area contributed by atoms with Crippen molar-refractivity contribution in [3.05, 3.63) is 92.9 Å². The van der Waals surface area contributed by atoms with Gasteiger partial charge in [0.15, 0.2) is 22.9 Å². The van der Waals surface area contributed by atoms with Crippen molar-refractivity contribution in [2.75, 3.05) is 33.0 Å². The predicted octanol–water partition coefficient (Wildman–Crippen LogP) is 3.98. The molecule has 184 valence electrons. The molecule has 0 N–H and O–H groups in total. The molecule has 9 heteroatoms. The maximum absolute atomic E-state index is 12.9. The first kappa shape index (κ1) is 22.8. The molecule has 8 nitrogen and oxygen atoms in total. The van der Waals surface area contributed by atoms with Crippen LogP contribution in [0.2, 0.25) is 5.02 Å². The van der Waals surface area contributed by atoms with E-state index < -0.39 is 5.76 Å². The van der Waals surface area contributed by atoms with E-state index in [1.54, 1.807) is 47.0 Å². The largest absolute Gasteiger partial charge is 0.454 e. The second-order valence-corrected chi connectivity index (χ2v) is 9.42. The summed E-state index contributed by atoms with van der Waals surface area (Å²) in [6.07, 6.45) is 0. The summed E-state index contributed by atoms with van der Waals surface area (Å²) >= 11 is 6.18. The number of ether oxygens (including phenoxy) is 2. The number of nitrogens with zero attached hydrogens (tertiary/aromatic N) is 3. The number of piperazine rings is 1. The Balaban J connectivity index is 1.12. The third-order valence-corrected chi connectivity index (χ3v) is 7.03. The highest BCUT2D eigenvalue weighted by Crippen LogP contribution is 2.33. The molecule has 0 radical (unpaired) electrons. The lowest BCUT2D eigenvalue weighted by atomic mass is 10.0. The Kier molecular flexibility index (Phi) is 6.00. The fourth-order valence-electron chi connectivity index (χ4n) is 4.73. The zero-order valence-corrected chi connectivity index (χ0v) is 20.2. The molecule has 2 aliphatic heterocycles. The average molecular weight is 506 g/mol. The number of aromatic nitrogens is 1. The summed E-state index contributed by atoms with van der Waals surface area (Å²) in [7, 11) is 0. The van der Waals surface area contributed by atoms with Gasteiger partial charge in [-0.25, -0.2) is 4.79 Å². The Morgan fingerprint density at radius 2 is 1.67 bits per heavy atom. The molecule has 6 rings (SSSR count). The van der Waals surface area contributed by atoms with Crippen molar-refractivity contribution in [2.45, 2.75) is 13.2 Å². The quantitative estimate of drug-likeness (QED) is 0.367. The van der Waals surface area contributed by atoms with Crippen molar-refractivity contribution < 1.29 is 18.7 Å². The van der Waals surface area contributed by atoms with Crippen molar-refractivity contribution in [1.82, 2.24) is 14.4 Å². The van der Waals surface area contributed by atoms with E-state index in [0.29, 0.717) is 33.9 Å². The Morgan fingerprint density at radius 1 is 0.889 bits per heavy atom. The summed E-state index contributed by atoms with van der Waals surface area (Å²) in [4.78, 5) is 30.2. The van der Waals surface area contributed by atoms with Gasteiger partial charge in [-0.1, -0.05) is 29.8 Å². The van der Waals surface area contributed by atoms with E-state index >= 15 is 0 Å². The Labute approximate surface area is 212 Å². The fraction of sp³-hybridized carbons (Fsp3) is 0.259. The van der Waals surface area contributed by atoms with Gasteiger partial charge < -0.3 is 13.9 Å². The minimum atomic E-state index is -0.435. The SMILES string of the molecule is O=C(c1ccc2c(c1)oc(=O)n2CN1CCN(Cc2ccc3c(c2)OCO3)CC1)c1ccccc1Cl. The third-order valence-electron chi connectivity index (χ3n) is 6.70. The van der Waals surface area contributed by atoms with Gasteiger partial charge in [0.25, 0.3) is 0 Å². The van der Waals surface area contributed by atoms with E-state index in [1.165, 1.54) is 5.56 Å². The lowest BCUT2D eigenvalue weighted by molar-refractivity contribution is 0.102. The molecule has 36 heavy (non-hydrogen) atoms. The number of carbonyl (C=O) groups excluding carboxylic acids is 1. The van der Waals surface area contributed by atoms with Gasteiger partial charge >= 0.3 is 5.76 Å². The third kappa shape index (κ3) is 4.39. The van der Waals surface area contributed by atoms with Gasteiger partial charge in [-0.3, -0.25) is 19.2 Å². The van der Waals surface area contributed by atoms with Crippen LogP contribution in [-0.2, 0) is 13.2 Å². The van der Waals surface area contributed by atoms with E-state index in [2.05, 4.69) is 15.9 Å². The van der Waals surface area contributed by atoms with Crippen LogP contribution in [0.5, 0.6) is 11.5 Å². The molecule has 0 aliphatic carbocycles. The summed E-state index contributed by atoms with van der Waals surface area (Å²) in [6, 6.07) is 18.1. The van der Waals surface area contributed by atoms with Gasteiger partial charge in [0, 0.05) is 43.9 Å². The van der Waals surface area contributed by atoms with Gasteiger partial charge in [-0.2, -0.15) is 0 Å². The molecule has 0 bridgehead atoms. The van der Waals surface area contributed by atoms with E-state index in [4.69, 9.17) is 25.5 Å². The van der Waals surface area contributed by atoms with Gasteiger partial charge in [0.05, 0.1) is 17.2 Å². The monoisotopic (exact) mass is 505 g/mol. The molecule has 4 aromatic rings. The van der Waals surface area contributed by atoms with Crippen LogP contribution < -0.4 is 15.2 Å². The van der Waals surface area contributed by atoms with Crippen molar-refractivity contribution in [3.63, 3.8) is 0 Å². The maximum atomic E-state index is 12.9. The predicted molar refractivity (Wildman–Crippen MR) is 135 cm³/mol. The summed E-state index contributed by atoms with van der Waals surface area (Å²) < 4.78 is 18.0. The van der Waals surface area contributed by atoms with Crippen LogP contribution in [0.25, 0.3) is 11.1 Å². The number of fused-ring (bicyclic) bond motifs is 2. The molecular formula is C27H24ClN3O5. The van der Waals surface area contributed by atoms with Crippen LogP contribution in [0.4, 0.5) is 0 Å². The molecule has 0 unspecified atom stereocenters. The lowest BCUT2D eigenvalue weighted by Gasteiger charge is -2.34. The molecule has 3 heterocycles. The van der Waals surface area contributed by atoms with Crippen molar-refractivity contribution >= 4 is 28.5 Å². The smallest absolute Gasteiger partial charge is 0.421 e. The first-order chi connectivity index (χ1) is 17.5. The molecule has 1 fully saturated rings.